The molecular weight excluding hydrogens is 316 g/mol. The summed E-state index contributed by atoms with van der Waals surface area (Å²) >= 11 is 0. The molecule has 2 aliphatic heterocycles. The number of aliphatic carboxylic acids is 1. The lowest BCUT2D eigenvalue weighted by molar-refractivity contribution is -0.148. The maximum atomic E-state index is 12.8. The standard InChI is InChI=1S/C16H20N2O6/c1-2-13(19)17-7-5-16(6-8-17)18(11(10-24-16)15(21)22)14(20)12-4-3-9-23-12/h3-4,9,11H,2,5-8,10H2,1H3,(H,21,22)/t11-/m1/s1. The van der Waals surface area contributed by atoms with Gasteiger partial charge in [0.1, 0.15) is 5.72 Å². The Labute approximate surface area is 139 Å². The van der Waals surface area contributed by atoms with E-state index in [1.165, 1.54) is 17.2 Å². The van der Waals surface area contributed by atoms with E-state index in [4.69, 9.17) is 9.15 Å². The zero-order valence-corrected chi connectivity index (χ0v) is 13.4. The highest BCUT2D eigenvalue weighted by Crippen LogP contribution is 2.38. The minimum atomic E-state index is -1.11. The molecular formula is C16H20N2O6. The largest absolute Gasteiger partial charge is 0.480 e. The molecule has 0 aliphatic carbocycles. The number of hydrogen-bond donors (Lipinski definition) is 1. The van der Waals surface area contributed by atoms with E-state index in [9.17, 15) is 19.5 Å². The molecule has 0 unspecified atom stereocenters. The van der Waals surface area contributed by atoms with Gasteiger partial charge in [0.15, 0.2) is 11.8 Å². The predicted molar refractivity (Wildman–Crippen MR) is 81.1 cm³/mol. The fourth-order valence-corrected chi connectivity index (χ4v) is 3.40. The lowest BCUT2D eigenvalue weighted by atomic mass is 9.97. The van der Waals surface area contributed by atoms with Crippen LogP contribution in [0.4, 0.5) is 0 Å². The number of rotatable bonds is 3. The molecule has 3 heterocycles. The SMILES string of the molecule is CCC(=O)N1CCC2(CC1)OC[C@H](C(=O)O)N2C(=O)c1ccco1. The molecule has 2 amide bonds. The number of carboxylic acids is 1. The van der Waals surface area contributed by atoms with Crippen molar-refractivity contribution in [2.24, 2.45) is 0 Å². The first kappa shape index (κ1) is 16.5. The molecule has 24 heavy (non-hydrogen) atoms. The summed E-state index contributed by atoms with van der Waals surface area (Å²) in [7, 11) is 0. The monoisotopic (exact) mass is 336 g/mol. The highest BCUT2D eigenvalue weighted by molar-refractivity contribution is 5.95. The van der Waals surface area contributed by atoms with Gasteiger partial charge in [0.05, 0.1) is 12.9 Å². The molecule has 0 bridgehead atoms. The first-order valence-corrected chi connectivity index (χ1v) is 8.00. The number of furan rings is 1. The number of carboxylic acid groups (broad SMARTS) is 1. The van der Waals surface area contributed by atoms with Crippen molar-refractivity contribution in [2.45, 2.75) is 38.0 Å². The van der Waals surface area contributed by atoms with Crippen molar-refractivity contribution in [3.63, 3.8) is 0 Å². The third kappa shape index (κ3) is 2.66. The van der Waals surface area contributed by atoms with Gasteiger partial charge in [0, 0.05) is 32.4 Å². The molecule has 2 aliphatic rings. The molecule has 1 aromatic rings. The van der Waals surface area contributed by atoms with Gasteiger partial charge in [-0.15, -0.1) is 0 Å². The van der Waals surface area contributed by atoms with E-state index in [2.05, 4.69) is 0 Å². The van der Waals surface area contributed by atoms with E-state index in [1.54, 1.807) is 17.9 Å². The molecule has 0 radical (unpaired) electrons. The molecule has 1 N–H and O–H groups in total. The number of hydrogen-bond acceptors (Lipinski definition) is 5. The Morgan fingerprint density at radius 2 is 2.04 bits per heavy atom. The Bertz CT molecular complexity index is 633. The lowest BCUT2D eigenvalue weighted by Gasteiger charge is -2.43. The molecule has 130 valence electrons. The summed E-state index contributed by atoms with van der Waals surface area (Å²) in [6, 6.07) is 2.02. The second kappa shape index (κ2) is 6.27. The number of ether oxygens (including phenoxy) is 1. The molecule has 8 nitrogen and oxygen atoms in total. The van der Waals surface area contributed by atoms with Crippen molar-refractivity contribution in [1.29, 1.82) is 0 Å². The molecule has 1 aromatic heterocycles. The van der Waals surface area contributed by atoms with Gasteiger partial charge < -0.3 is 19.2 Å². The number of carbonyl (C=O) groups excluding carboxylic acids is 2. The highest BCUT2D eigenvalue weighted by Gasteiger charge is 2.54. The van der Waals surface area contributed by atoms with Crippen LogP contribution in [-0.4, -0.2) is 64.2 Å². The Hall–Kier alpha value is -2.35. The minimum absolute atomic E-state index is 0.0431. The van der Waals surface area contributed by atoms with Crippen LogP contribution in [0.1, 0.15) is 36.7 Å². The Balaban J connectivity index is 1.85. The normalized spacial score (nSPS) is 22.8. The van der Waals surface area contributed by atoms with Gasteiger partial charge in [-0.25, -0.2) is 4.79 Å². The van der Waals surface area contributed by atoms with Crippen LogP contribution in [0.25, 0.3) is 0 Å². The molecule has 0 saturated carbocycles. The first-order valence-electron chi connectivity index (χ1n) is 8.00. The average molecular weight is 336 g/mol. The predicted octanol–water partition coefficient (Wildman–Crippen LogP) is 0.934. The fourth-order valence-electron chi connectivity index (χ4n) is 3.40. The number of nitrogens with zero attached hydrogens (tertiary/aromatic N) is 2. The van der Waals surface area contributed by atoms with Crippen molar-refractivity contribution in [1.82, 2.24) is 9.80 Å². The minimum Gasteiger partial charge on any atom is -0.480 e. The zero-order valence-electron chi connectivity index (χ0n) is 13.4. The van der Waals surface area contributed by atoms with Crippen LogP contribution < -0.4 is 0 Å². The number of amides is 2. The Morgan fingerprint density at radius 1 is 1.33 bits per heavy atom. The smallest absolute Gasteiger partial charge is 0.328 e. The molecule has 3 rings (SSSR count). The Kier molecular flexibility index (Phi) is 4.31. The van der Waals surface area contributed by atoms with Crippen LogP contribution in [0.3, 0.4) is 0 Å². The van der Waals surface area contributed by atoms with Crippen molar-refractivity contribution in [2.75, 3.05) is 19.7 Å². The van der Waals surface area contributed by atoms with Crippen LogP contribution in [0, 0.1) is 0 Å². The number of piperidine rings is 1. The fraction of sp³-hybridized carbons (Fsp3) is 0.562. The summed E-state index contributed by atoms with van der Waals surface area (Å²) < 4.78 is 10.9. The summed E-state index contributed by atoms with van der Waals surface area (Å²) in [6.45, 7) is 2.59. The van der Waals surface area contributed by atoms with Crippen molar-refractivity contribution < 1.29 is 28.6 Å². The summed E-state index contributed by atoms with van der Waals surface area (Å²) in [5.41, 5.74) is -1.00. The van der Waals surface area contributed by atoms with E-state index in [1.807, 2.05) is 0 Å². The van der Waals surface area contributed by atoms with Gasteiger partial charge in [-0.05, 0) is 12.1 Å². The second-order valence-corrected chi connectivity index (χ2v) is 6.00. The van der Waals surface area contributed by atoms with E-state index < -0.39 is 23.6 Å². The van der Waals surface area contributed by atoms with E-state index in [0.717, 1.165) is 0 Å². The van der Waals surface area contributed by atoms with Gasteiger partial charge >= 0.3 is 5.97 Å². The summed E-state index contributed by atoms with van der Waals surface area (Å²) in [6.07, 6.45) is 2.56. The highest BCUT2D eigenvalue weighted by atomic mass is 16.5. The molecule has 0 aromatic carbocycles. The quantitative estimate of drug-likeness (QED) is 0.881. The zero-order chi connectivity index (χ0) is 17.3. The maximum Gasteiger partial charge on any atom is 0.328 e. The Morgan fingerprint density at radius 3 is 2.58 bits per heavy atom. The van der Waals surface area contributed by atoms with Gasteiger partial charge in [0.25, 0.3) is 5.91 Å². The van der Waals surface area contributed by atoms with Crippen LogP contribution in [-0.2, 0) is 14.3 Å². The summed E-state index contributed by atoms with van der Waals surface area (Å²) in [4.78, 5) is 39.2. The van der Waals surface area contributed by atoms with E-state index in [0.29, 0.717) is 32.4 Å². The molecule has 8 heteroatoms. The van der Waals surface area contributed by atoms with Crippen LogP contribution in [0.15, 0.2) is 22.8 Å². The molecule has 2 saturated heterocycles. The summed E-state index contributed by atoms with van der Waals surface area (Å²) in [5, 5.41) is 9.45. The lowest BCUT2D eigenvalue weighted by Crippen LogP contribution is -2.58. The summed E-state index contributed by atoms with van der Waals surface area (Å²) in [5.74, 6) is -1.49. The van der Waals surface area contributed by atoms with Gasteiger partial charge in [0.2, 0.25) is 5.91 Å². The van der Waals surface area contributed by atoms with Crippen LogP contribution in [0.5, 0.6) is 0 Å². The van der Waals surface area contributed by atoms with Gasteiger partial charge in [-0.3, -0.25) is 14.5 Å². The third-order valence-electron chi connectivity index (χ3n) is 4.70. The molecule has 1 spiro atoms. The maximum absolute atomic E-state index is 12.8. The third-order valence-corrected chi connectivity index (χ3v) is 4.70. The van der Waals surface area contributed by atoms with Crippen molar-refractivity contribution in [3.8, 4) is 0 Å². The number of carbonyl (C=O) groups is 3. The van der Waals surface area contributed by atoms with Gasteiger partial charge in [-0.1, -0.05) is 6.92 Å². The molecule has 1 atom stereocenters. The van der Waals surface area contributed by atoms with Crippen LogP contribution >= 0.6 is 0 Å². The average Bonchev–Trinajstić information content (AvgIpc) is 3.23. The van der Waals surface area contributed by atoms with E-state index >= 15 is 0 Å². The van der Waals surface area contributed by atoms with Crippen LogP contribution in [0.2, 0.25) is 0 Å². The second-order valence-electron chi connectivity index (χ2n) is 6.00. The van der Waals surface area contributed by atoms with Gasteiger partial charge in [-0.2, -0.15) is 0 Å². The number of likely N-dealkylation sites (tertiary alicyclic amines) is 1. The molecule has 2 fully saturated rings. The van der Waals surface area contributed by atoms with E-state index in [-0.39, 0.29) is 18.3 Å². The topological polar surface area (TPSA) is 100 Å². The van der Waals surface area contributed by atoms with Crippen molar-refractivity contribution in [3.05, 3.63) is 24.2 Å². The first-order chi connectivity index (χ1) is 11.5. The van der Waals surface area contributed by atoms with Crippen molar-refractivity contribution >= 4 is 17.8 Å².